The van der Waals surface area contributed by atoms with E-state index in [0.717, 1.165) is 0 Å². The monoisotopic (exact) mass is 216 g/mol. The van der Waals surface area contributed by atoms with Gasteiger partial charge in [0.05, 0.1) is 0 Å². The van der Waals surface area contributed by atoms with Crippen LogP contribution in [0.3, 0.4) is 0 Å². The zero-order valence-corrected chi connectivity index (χ0v) is 8.96. The molecule has 0 bridgehead atoms. The first-order chi connectivity index (χ1) is 4.97. The van der Waals surface area contributed by atoms with E-state index in [-0.39, 0.29) is 32.7 Å². The van der Waals surface area contributed by atoms with Gasteiger partial charge in [0.1, 0.15) is 0 Å². The summed E-state index contributed by atoms with van der Waals surface area (Å²) in [6, 6.07) is 17.4. The second kappa shape index (κ2) is 3.99. The van der Waals surface area contributed by atoms with Gasteiger partial charge in [-0.1, -0.05) is 12.1 Å². The Morgan fingerprint density at radius 3 is 2.45 bits per heavy atom. The van der Waals surface area contributed by atoms with Gasteiger partial charge in [-0.05, 0) is 0 Å². The molecule has 0 spiro atoms. The van der Waals surface area contributed by atoms with Crippen LogP contribution in [-0.2, 0) is 32.7 Å². The average molecular weight is 216 g/mol. The van der Waals surface area contributed by atoms with Crippen molar-refractivity contribution in [2.75, 3.05) is 0 Å². The third-order valence-electron chi connectivity index (χ3n) is 1.57. The molecule has 0 atom stereocenters. The van der Waals surface area contributed by atoms with E-state index in [1.165, 1.54) is 10.8 Å². The Morgan fingerprint density at radius 2 is 1.64 bits per heavy atom. The number of rotatable bonds is 0. The SMILES string of the molecule is [Y+3].[c-]1cccc2ccccc12. The zero-order valence-electron chi connectivity index (χ0n) is 6.12. The molecule has 2 aromatic carbocycles. The first kappa shape index (κ1) is 8.90. The largest absolute Gasteiger partial charge is 3.00 e. The molecule has 1 heteroatoms. The van der Waals surface area contributed by atoms with Crippen LogP contribution in [0.25, 0.3) is 10.8 Å². The fraction of sp³-hybridized carbons (Fsp3) is 0. The third kappa shape index (κ3) is 1.88. The maximum atomic E-state index is 3.15. The first-order valence-corrected chi connectivity index (χ1v) is 3.32. The number of benzene rings is 2. The number of fused-ring (bicyclic) bond motifs is 1. The summed E-state index contributed by atoms with van der Waals surface area (Å²) in [4.78, 5) is 0. The molecule has 0 N–H and O–H groups in total. The Hall–Kier alpha value is -0.196. The van der Waals surface area contributed by atoms with Crippen molar-refractivity contribution < 1.29 is 32.7 Å². The molecule has 0 saturated heterocycles. The van der Waals surface area contributed by atoms with Crippen LogP contribution in [0.15, 0.2) is 42.5 Å². The molecule has 0 aliphatic heterocycles. The molecule has 0 heterocycles. The van der Waals surface area contributed by atoms with E-state index in [1.54, 1.807) is 0 Å². The summed E-state index contributed by atoms with van der Waals surface area (Å²) in [5, 5.41) is 2.44. The van der Waals surface area contributed by atoms with Crippen LogP contribution in [0.4, 0.5) is 0 Å². The molecule has 2 rings (SSSR count). The molecule has 0 aliphatic carbocycles. The minimum Gasteiger partial charge on any atom is -0.147 e. The molecule has 2 aromatic rings. The molecule has 0 radical (unpaired) electrons. The summed E-state index contributed by atoms with van der Waals surface area (Å²) in [5.41, 5.74) is 0. The average Bonchev–Trinajstić information content (AvgIpc) is 2.05. The van der Waals surface area contributed by atoms with Gasteiger partial charge < -0.3 is 0 Å². The topological polar surface area (TPSA) is 0 Å². The van der Waals surface area contributed by atoms with Crippen molar-refractivity contribution in [1.29, 1.82) is 0 Å². The van der Waals surface area contributed by atoms with Gasteiger partial charge in [0.2, 0.25) is 0 Å². The molecule has 0 nitrogen and oxygen atoms in total. The Bertz CT molecular complexity index is 276. The van der Waals surface area contributed by atoms with Crippen molar-refractivity contribution in [3.05, 3.63) is 48.5 Å². The van der Waals surface area contributed by atoms with E-state index in [9.17, 15) is 0 Å². The van der Waals surface area contributed by atoms with E-state index in [0.29, 0.717) is 0 Å². The zero-order chi connectivity index (χ0) is 6.81. The van der Waals surface area contributed by atoms with Gasteiger partial charge in [-0.3, -0.25) is 0 Å². The Morgan fingerprint density at radius 1 is 0.909 bits per heavy atom. The van der Waals surface area contributed by atoms with Gasteiger partial charge in [-0.15, -0.1) is 47.2 Å². The van der Waals surface area contributed by atoms with Gasteiger partial charge in [-0.25, -0.2) is 0 Å². The molecule has 0 amide bonds. The normalized spacial score (nSPS) is 9.09. The van der Waals surface area contributed by atoms with Gasteiger partial charge in [0.25, 0.3) is 0 Å². The van der Waals surface area contributed by atoms with E-state index in [4.69, 9.17) is 0 Å². The predicted molar refractivity (Wildman–Crippen MR) is 42.8 cm³/mol. The maximum Gasteiger partial charge on any atom is 3.00 e. The van der Waals surface area contributed by atoms with Gasteiger partial charge >= 0.3 is 32.7 Å². The quantitative estimate of drug-likeness (QED) is 0.594. The standard InChI is InChI=1S/C10H7.Y/c1-2-6-10-8-4-3-7-9(10)5-1;/h1-7H;/q-1;+3. The summed E-state index contributed by atoms with van der Waals surface area (Å²) in [5.74, 6) is 0. The summed E-state index contributed by atoms with van der Waals surface area (Å²) < 4.78 is 0. The van der Waals surface area contributed by atoms with Crippen LogP contribution in [0.5, 0.6) is 0 Å². The number of hydrogen-bond donors (Lipinski definition) is 0. The van der Waals surface area contributed by atoms with Crippen molar-refractivity contribution in [2.45, 2.75) is 0 Å². The maximum absolute atomic E-state index is 3.15. The number of hydrogen-bond acceptors (Lipinski definition) is 0. The fourth-order valence-electron chi connectivity index (χ4n) is 1.06. The Kier molecular flexibility index (Phi) is 3.23. The first-order valence-electron chi connectivity index (χ1n) is 3.32. The smallest absolute Gasteiger partial charge is 0.147 e. The molecule has 0 unspecified atom stereocenters. The van der Waals surface area contributed by atoms with E-state index >= 15 is 0 Å². The van der Waals surface area contributed by atoms with Gasteiger partial charge in [0, 0.05) is 0 Å². The molecule has 0 fully saturated rings. The van der Waals surface area contributed by atoms with Crippen LogP contribution < -0.4 is 0 Å². The van der Waals surface area contributed by atoms with Crippen molar-refractivity contribution in [2.24, 2.45) is 0 Å². The minimum absolute atomic E-state index is 0. The summed E-state index contributed by atoms with van der Waals surface area (Å²) in [7, 11) is 0. The van der Waals surface area contributed by atoms with E-state index < -0.39 is 0 Å². The summed E-state index contributed by atoms with van der Waals surface area (Å²) in [6.07, 6.45) is 0. The van der Waals surface area contributed by atoms with Crippen molar-refractivity contribution >= 4 is 10.8 Å². The molecular formula is C10H7Y+2. The third-order valence-corrected chi connectivity index (χ3v) is 1.57. The van der Waals surface area contributed by atoms with Crippen LogP contribution in [0.2, 0.25) is 0 Å². The van der Waals surface area contributed by atoms with Crippen LogP contribution in [-0.4, -0.2) is 0 Å². The van der Waals surface area contributed by atoms with E-state index in [1.807, 2.05) is 24.3 Å². The molecule has 48 valence electrons. The predicted octanol–water partition coefficient (Wildman–Crippen LogP) is 2.64. The van der Waals surface area contributed by atoms with Crippen molar-refractivity contribution in [3.63, 3.8) is 0 Å². The molecule has 11 heavy (non-hydrogen) atoms. The van der Waals surface area contributed by atoms with Gasteiger partial charge in [0.15, 0.2) is 0 Å². The molecule has 0 aromatic heterocycles. The van der Waals surface area contributed by atoms with Crippen LogP contribution in [0, 0.1) is 6.07 Å². The Balaban J connectivity index is 0.000000605. The van der Waals surface area contributed by atoms with E-state index in [2.05, 4.69) is 24.3 Å². The fourth-order valence-corrected chi connectivity index (χ4v) is 1.06. The molecule has 0 aliphatic rings. The molecule has 0 saturated carbocycles. The van der Waals surface area contributed by atoms with Crippen LogP contribution >= 0.6 is 0 Å². The van der Waals surface area contributed by atoms with Gasteiger partial charge in [-0.2, -0.15) is 0 Å². The summed E-state index contributed by atoms with van der Waals surface area (Å²) >= 11 is 0. The van der Waals surface area contributed by atoms with Crippen molar-refractivity contribution in [3.8, 4) is 0 Å². The van der Waals surface area contributed by atoms with Crippen molar-refractivity contribution in [1.82, 2.24) is 0 Å². The second-order valence-corrected chi connectivity index (χ2v) is 2.26. The second-order valence-electron chi connectivity index (χ2n) is 2.26. The Labute approximate surface area is 91.5 Å². The molecular weight excluding hydrogens is 209 g/mol. The summed E-state index contributed by atoms with van der Waals surface area (Å²) in [6.45, 7) is 0. The van der Waals surface area contributed by atoms with Crippen LogP contribution in [0.1, 0.15) is 0 Å². The minimum atomic E-state index is 0.